The van der Waals surface area contributed by atoms with Gasteiger partial charge >= 0.3 is 5.97 Å². The van der Waals surface area contributed by atoms with Crippen LogP contribution in [0.1, 0.15) is 5.56 Å². The molecule has 0 heterocycles. The molecule has 0 unspecified atom stereocenters. The van der Waals surface area contributed by atoms with E-state index in [2.05, 4.69) is 15.9 Å². The SMILES string of the molecule is O=C(O)/C=C/c1c(Cl)ccc(Cl)c1Br. The number of rotatable bonds is 2. The van der Waals surface area contributed by atoms with Gasteiger partial charge in [-0.2, -0.15) is 0 Å². The maximum atomic E-state index is 10.3. The Bertz CT molecular complexity index is 402. The van der Waals surface area contributed by atoms with E-state index in [0.29, 0.717) is 20.1 Å². The number of halogens is 3. The van der Waals surface area contributed by atoms with Crippen LogP contribution in [-0.4, -0.2) is 11.1 Å². The predicted molar refractivity (Wildman–Crippen MR) is 60.8 cm³/mol. The second-order valence-corrected chi connectivity index (χ2v) is 4.04. The van der Waals surface area contributed by atoms with Crippen molar-refractivity contribution < 1.29 is 9.90 Å². The smallest absolute Gasteiger partial charge is 0.328 e. The van der Waals surface area contributed by atoms with Gasteiger partial charge in [-0.05, 0) is 34.1 Å². The minimum atomic E-state index is -1.03. The highest BCUT2D eigenvalue weighted by atomic mass is 79.9. The summed E-state index contributed by atoms with van der Waals surface area (Å²) in [6.45, 7) is 0. The Balaban J connectivity index is 3.19. The number of aliphatic carboxylic acids is 1. The van der Waals surface area contributed by atoms with Crippen LogP contribution in [0, 0.1) is 0 Å². The fourth-order valence-electron chi connectivity index (χ4n) is 0.850. The van der Waals surface area contributed by atoms with Gasteiger partial charge in [-0.1, -0.05) is 23.2 Å². The fourth-order valence-corrected chi connectivity index (χ4v) is 1.83. The number of hydrogen-bond acceptors (Lipinski definition) is 1. The molecule has 1 aromatic carbocycles. The van der Waals surface area contributed by atoms with Gasteiger partial charge in [0.05, 0.1) is 5.02 Å². The lowest BCUT2D eigenvalue weighted by molar-refractivity contribution is -0.131. The first kappa shape index (κ1) is 11.6. The van der Waals surface area contributed by atoms with E-state index in [1.165, 1.54) is 6.08 Å². The summed E-state index contributed by atoms with van der Waals surface area (Å²) in [5.74, 6) is -1.03. The van der Waals surface area contributed by atoms with Gasteiger partial charge in [0.15, 0.2) is 0 Å². The van der Waals surface area contributed by atoms with Gasteiger partial charge in [0.25, 0.3) is 0 Å². The first-order valence-corrected chi connectivity index (χ1v) is 5.11. The molecule has 1 rings (SSSR count). The van der Waals surface area contributed by atoms with Crippen LogP contribution in [0.3, 0.4) is 0 Å². The van der Waals surface area contributed by atoms with Crippen molar-refractivity contribution in [2.24, 2.45) is 0 Å². The quantitative estimate of drug-likeness (QED) is 0.664. The standard InChI is InChI=1S/C9H5BrCl2O2/c10-9-5(1-4-8(13)14)6(11)2-3-7(9)12/h1-4H,(H,13,14)/b4-1+. The Morgan fingerprint density at radius 1 is 1.36 bits per heavy atom. The lowest BCUT2D eigenvalue weighted by atomic mass is 10.2. The highest BCUT2D eigenvalue weighted by molar-refractivity contribution is 9.10. The van der Waals surface area contributed by atoms with Gasteiger partial charge in [-0.3, -0.25) is 0 Å². The zero-order valence-corrected chi connectivity index (χ0v) is 9.90. The van der Waals surface area contributed by atoms with Crippen LogP contribution in [0.4, 0.5) is 0 Å². The Kier molecular flexibility index (Phi) is 3.98. The maximum absolute atomic E-state index is 10.3. The monoisotopic (exact) mass is 294 g/mol. The summed E-state index contributed by atoms with van der Waals surface area (Å²) < 4.78 is 0.587. The summed E-state index contributed by atoms with van der Waals surface area (Å²) in [6.07, 6.45) is 2.39. The third-order valence-corrected chi connectivity index (χ3v) is 3.20. The van der Waals surface area contributed by atoms with E-state index in [-0.39, 0.29) is 0 Å². The van der Waals surface area contributed by atoms with Gasteiger partial charge in [0, 0.05) is 21.1 Å². The Morgan fingerprint density at radius 2 is 1.93 bits per heavy atom. The number of carboxylic acids is 1. The molecular formula is C9H5BrCl2O2. The fraction of sp³-hybridized carbons (Fsp3) is 0. The molecule has 74 valence electrons. The molecule has 0 amide bonds. The van der Waals surface area contributed by atoms with Crippen LogP contribution in [0.5, 0.6) is 0 Å². The van der Waals surface area contributed by atoms with Crippen LogP contribution < -0.4 is 0 Å². The second kappa shape index (κ2) is 4.82. The molecule has 0 aliphatic heterocycles. The molecule has 0 fully saturated rings. The molecule has 0 saturated heterocycles. The molecule has 2 nitrogen and oxygen atoms in total. The summed E-state index contributed by atoms with van der Waals surface area (Å²) >= 11 is 14.9. The molecule has 0 aliphatic rings. The molecule has 0 atom stereocenters. The third-order valence-electron chi connectivity index (χ3n) is 1.47. The molecule has 1 N–H and O–H groups in total. The number of carbonyl (C=O) groups is 1. The maximum Gasteiger partial charge on any atom is 0.328 e. The Labute approximate surface area is 99.3 Å². The summed E-state index contributed by atoms with van der Waals surface area (Å²) in [5.41, 5.74) is 0.557. The van der Waals surface area contributed by atoms with Crippen LogP contribution in [-0.2, 0) is 4.79 Å². The van der Waals surface area contributed by atoms with E-state index in [0.717, 1.165) is 6.08 Å². The lowest BCUT2D eigenvalue weighted by Gasteiger charge is -2.03. The number of carboxylic acid groups (broad SMARTS) is 1. The van der Waals surface area contributed by atoms with E-state index >= 15 is 0 Å². The van der Waals surface area contributed by atoms with Crippen molar-refractivity contribution in [1.29, 1.82) is 0 Å². The molecule has 5 heteroatoms. The molecule has 0 aromatic heterocycles. The van der Waals surface area contributed by atoms with Crippen LogP contribution in [0.15, 0.2) is 22.7 Å². The van der Waals surface area contributed by atoms with E-state index < -0.39 is 5.97 Å². The molecule has 0 radical (unpaired) electrons. The van der Waals surface area contributed by atoms with Gasteiger partial charge in [-0.15, -0.1) is 0 Å². The summed E-state index contributed by atoms with van der Waals surface area (Å²) in [7, 11) is 0. The molecular weight excluding hydrogens is 291 g/mol. The molecule has 0 spiro atoms. The minimum Gasteiger partial charge on any atom is -0.478 e. The Morgan fingerprint density at radius 3 is 2.50 bits per heavy atom. The van der Waals surface area contributed by atoms with E-state index in [1.807, 2.05) is 0 Å². The predicted octanol–water partition coefficient (Wildman–Crippen LogP) is 3.85. The normalized spacial score (nSPS) is 10.8. The van der Waals surface area contributed by atoms with Gasteiger partial charge in [0.2, 0.25) is 0 Å². The average molecular weight is 296 g/mol. The van der Waals surface area contributed by atoms with Gasteiger partial charge in [-0.25, -0.2) is 4.79 Å². The van der Waals surface area contributed by atoms with Crippen molar-refractivity contribution in [2.75, 3.05) is 0 Å². The second-order valence-electron chi connectivity index (χ2n) is 2.43. The molecule has 0 aliphatic carbocycles. The van der Waals surface area contributed by atoms with Crippen LogP contribution >= 0.6 is 39.1 Å². The summed E-state index contributed by atoms with van der Waals surface area (Å²) in [5, 5.41) is 9.38. The van der Waals surface area contributed by atoms with E-state index in [9.17, 15) is 4.79 Å². The van der Waals surface area contributed by atoms with Crippen molar-refractivity contribution in [2.45, 2.75) is 0 Å². The number of hydrogen-bond donors (Lipinski definition) is 1. The topological polar surface area (TPSA) is 37.3 Å². The van der Waals surface area contributed by atoms with Crippen LogP contribution in [0.2, 0.25) is 10.0 Å². The van der Waals surface area contributed by atoms with Crippen molar-refractivity contribution in [3.8, 4) is 0 Å². The zero-order valence-electron chi connectivity index (χ0n) is 6.80. The molecule has 0 saturated carbocycles. The Hall–Kier alpha value is -0.510. The van der Waals surface area contributed by atoms with Crippen LogP contribution in [0.25, 0.3) is 6.08 Å². The van der Waals surface area contributed by atoms with Crippen molar-refractivity contribution in [1.82, 2.24) is 0 Å². The average Bonchev–Trinajstić information content (AvgIpc) is 2.11. The van der Waals surface area contributed by atoms with E-state index in [4.69, 9.17) is 28.3 Å². The van der Waals surface area contributed by atoms with Gasteiger partial charge in [0.1, 0.15) is 0 Å². The molecule has 1 aromatic rings. The number of benzene rings is 1. The van der Waals surface area contributed by atoms with Gasteiger partial charge < -0.3 is 5.11 Å². The zero-order chi connectivity index (χ0) is 10.7. The van der Waals surface area contributed by atoms with E-state index in [1.54, 1.807) is 12.1 Å². The van der Waals surface area contributed by atoms with Crippen molar-refractivity contribution in [3.05, 3.63) is 38.3 Å². The first-order chi connectivity index (χ1) is 6.52. The van der Waals surface area contributed by atoms with Crippen molar-refractivity contribution in [3.63, 3.8) is 0 Å². The molecule has 14 heavy (non-hydrogen) atoms. The minimum absolute atomic E-state index is 0.443. The lowest BCUT2D eigenvalue weighted by Crippen LogP contribution is -1.87. The largest absolute Gasteiger partial charge is 0.478 e. The highest BCUT2D eigenvalue weighted by Gasteiger charge is 2.06. The summed E-state index contributed by atoms with van der Waals surface area (Å²) in [4.78, 5) is 10.3. The third kappa shape index (κ3) is 2.74. The highest BCUT2D eigenvalue weighted by Crippen LogP contribution is 2.32. The first-order valence-electron chi connectivity index (χ1n) is 3.57. The summed E-state index contributed by atoms with van der Waals surface area (Å²) in [6, 6.07) is 3.24. The molecule has 0 bridgehead atoms. The van der Waals surface area contributed by atoms with Crippen molar-refractivity contribution >= 4 is 51.2 Å².